The highest BCUT2D eigenvalue weighted by Crippen LogP contribution is 2.50. The first kappa shape index (κ1) is 27.8. The van der Waals surface area contributed by atoms with Crippen LogP contribution in [0, 0.1) is 0 Å². The molecule has 1 atom stereocenters. The molecule has 1 amide bonds. The lowest BCUT2D eigenvalue weighted by Gasteiger charge is -2.46. The first-order chi connectivity index (χ1) is 19.0. The molecule has 40 heavy (non-hydrogen) atoms. The van der Waals surface area contributed by atoms with Crippen molar-refractivity contribution in [3.63, 3.8) is 0 Å². The maximum absolute atomic E-state index is 14.1. The van der Waals surface area contributed by atoms with Crippen LogP contribution in [0.25, 0.3) is 0 Å². The number of carbonyl (C=O) groups excluding carboxylic acids is 1. The van der Waals surface area contributed by atoms with Crippen LogP contribution in [0.4, 0.5) is 18.9 Å². The minimum absolute atomic E-state index is 0.0211. The average Bonchev–Trinajstić information content (AvgIpc) is 3.46. The zero-order valence-corrected chi connectivity index (χ0v) is 22.3. The number of hydrogen-bond acceptors (Lipinski definition) is 6. The van der Waals surface area contributed by atoms with Crippen LogP contribution in [0.5, 0.6) is 0 Å². The standard InChI is InChI=1S/C28H30F3N5O4/c1-4-23(25(38)39)32-13-16-8-20-21(22(9-16)28(29,30)31)14-36(24(20)37)18-7-5-6-17(10-18)27(11-19(12-27)40-3)26-34-33-15-35(26)2/h5-10,15,19,23,32H,4,11-14H2,1-3H3,(H,38,39)/t19-,23?,27-. The second-order valence-corrected chi connectivity index (χ2v) is 10.4. The Hall–Kier alpha value is -3.77. The van der Waals surface area contributed by atoms with Gasteiger partial charge in [0.15, 0.2) is 0 Å². The molecule has 5 rings (SSSR count). The topological polar surface area (TPSA) is 110 Å². The van der Waals surface area contributed by atoms with Crippen molar-refractivity contribution in [1.82, 2.24) is 20.1 Å². The first-order valence-electron chi connectivity index (χ1n) is 13.0. The van der Waals surface area contributed by atoms with E-state index in [0.29, 0.717) is 18.5 Å². The molecule has 0 radical (unpaired) electrons. The van der Waals surface area contributed by atoms with Crippen LogP contribution in [-0.2, 0) is 41.3 Å². The van der Waals surface area contributed by atoms with Crippen LogP contribution in [0.1, 0.15) is 64.6 Å². The number of carboxylic acid groups (broad SMARTS) is 1. The van der Waals surface area contributed by atoms with E-state index in [2.05, 4.69) is 15.5 Å². The zero-order valence-electron chi connectivity index (χ0n) is 22.3. The van der Waals surface area contributed by atoms with Crippen molar-refractivity contribution in [2.75, 3.05) is 12.0 Å². The fourth-order valence-electron chi connectivity index (χ4n) is 5.80. The Morgan fingerprint density at radius 1 is 1.27 bits per heavy atom. The number of fused-ring (bicyclic) bond motifs is 1. The van der Waals surface area contributed by atoms with Crippen molar-refractivity contribution in [3.05, 3.63) is 76.4 Å². The Balaban J connectivity index is 1.49. The van der Waals surface area contributed by atoms with E-state index in [1.54, 1.807) is 32.5 Å². The highest BCUT2D eigenvalue weighted by Gasteiger charge is 2.50. The smallest absolute Gasteiger partial charge is 0.416 e. The average molecular weight is 558 g/mol. The molecule has 9 nitrogen and oxygen atoms in total. The van der Waals surface area contributed by atoms with Crippen LogP contribution in [0.3, 0.4) is 0 Å². The predicted octanol–water partition coefficient (Wildman–Crippen LogP) is 4.04. The first-order valence-corrected chi connectivity index (χ1v) is 13.0. The molecule has 1 aliphatic heterocycles. The summed E-state index contributed by atoms with van der Waals surface area (Å²) in [4.78, 5) is 26.3. The SMILES string of the molecule is CCC(NCc1cc2c(c(C(F)(F)F)c1)CN(c1cccc([C@]3(c4nncn4C)C[C@H](OC)C3)c1)C2=O)C(=O)O. The minimum atomic E-state index is -4.69. The molecule has 2 N–H and O–H groups in total. The van der Waals surface area contributed by atoms with E-state index >= 15 is 0 Å². The fourth-order valence-corrected chi connectivity index (χ4v) is 5.80. The Labute approximate surface area is 229 Å². The predicted molar refractivity (Wildman–Crippen MR) is 139 cm³/mol. The number of anilines is 1. The monoisotopic (exact) mass is 557 g/mol. The summed E-state index contributed by atoms with van der Waals surface area (Å²) in [7, 11) is 3.50. The number of carboxylic acids is 1. The summed E-state index contributed by atoms with van der Waals surface area (Å²) in [5, 5.41) is 20.4. The number of aromatic nitrogens is 3. The number of amides is 1. The third kappa shape index (κ3) is 4.75. The summed E-state index contributed by atoms with van der Waals surface area (Å²) in [5.74, 6) is -0.887. The fraction of sp³-hybridized carbons (Fsp3) is 0.429. The molecule has 0 spiro atoms. The van der Waals surface area contributed by atoms with Gasteiger partial charge in [0.25, 0.3) is 5.91 Å². The summed E-state index contributed by atoms with van der Waals surface area (Å²) in [6, 6.07) is 8.76. The van der Waals surface area contributed by atoms with Gasteiger partial charge >= 0.3 is 12.1 Å². The van der Waals surface area contributed by atoms with Gasteiger partial charge in [-0.25, -0.2) is 0 Å². The van der Waals surface area contributed by atoms with Crippen LogP contribution >= 0.6 is 0 Å². The summed E-state index contributed by atoms with van der Waals surface area (Å²) >= 11 is 0. The quantitative estimate of drug-likeness (QED) is 0.409. The zero-order chi connectivity index (χ0) is 28.8. The molecule has 1 saturated carbocycles. The van der Waals surface area contributed by atoms with E-state index in [0.717, 1.165) is 17.5 Å². The summed E-state index contributed by atoms with van der Waals surface area (Å²) < 4.78 is 49.8. The number of benzene rings is 2. The molecule has 0 bridgehead atoms. The highest BCUT2D eigenvalue weighted by molar-refractivity contribution is 6.10. The van der Waals surface area contributed by atoms with Crippen molar-refractivity contribution in [3.8, 4) is 0 Å². The van der Waals surface area contributed by atoms with Crippen molar-refractivity contribution >= 4 is 17.6 Å². The number of methoxy groups -OCH3 is 1. The number of ether oxygens (including phenoxy) is 1. The molecule has 1 aliphatic carbocycles. The van der Waals surface area contributed by atoms with E-state index in [1.807, 2.05) is 23.7 Å². The lowest BCUT2D eigenvalue weighted by Crippen LogP contribution is -2.48. The van der Waals surface area contributed by atoms with Gasteiger partial charge in [0.05, 0.1) is 23.6 Å². The lowest BCUT2D eigenvalue weighted by molar-refractivity contribution is -0.140. The molecule has 2 aromatic carbocycles. The van der Waals surface area contributed by atoms with Gasteiger partial charge in [0.2, 0.25) is 0 Å². The minimum Gasteiger partial charge on any atom is -0.480 e. The van der Waals surface area contributed by atoms with Crippen molar-refractivity contribution in [1.29, 1.82) is 0 Å². The van der Waals surface area contributed by atoms with E-state index in [-0.39, 0.29) is 42.3 Å². The molecule has 1 aromatic heterocycles. The number of aliphatic carboxylic acids is 1. The van der Waals surface area contributed by atoms with E-state index in [9.17, 15) is 27.9 Å². The van der Waals surface area contributed by atoms with Crippen LogP contribution < -0.4 is 10.2 Å². The van der Waals surface area contributed by atoms with Crippen LogP contribution in [0.2, 0.25) is 0 Å². The van der Waals surface area contributed by atoms with Crippen molar-refractivity contribution in [2.45, 2.75) is 63.0 Å². The molecule has 1 fully saturated rings. The molecular weight excluding hydrogens is 527 g/mol. The highest BCUT2D eigenvalue weighted by atomic mass is 19.4. The van der Waals surface area contributed by atoms with E-state index < -0.39 is 35.1 Å². The number of aryl methyl sites for hydroxylation is 1. The molecule has 3 aromatic rings. The third-order valence-corrected chi connectivity index (χ3v) is 8.00. The van der Waals surface area contributed by atoms with Gasteiger partial charge in [-0.3, -0.25) is 9.59 Å². The molecule has 0 saturated heterocycles. The maximum atomic E-state index is 14.1. The van der Waals surface area contributed by atoms with E-state index in [4.69, 9.17) is 4.74 Å². The van der Waals surface area contributed by atoms with Gasteiger partial charge in [0, 0.05) is 32.0 Å². The van der Waals surface area contributed by atoms with Gasteiger partial charge in [-0.1, -0.05) is 19.1 Å². The molecule has 2 aliphatic rings. The molecule has 212 valence electrons. The van der Waals surface area contributed by atoms with E-state index in [1.165, 1.54) is 11.0 Å². The van der Waals surface area contributed by atoms with Crippen molar-refractivity contribution < 1.29 is 32.6 Å². The number of alkyl halides is 3. The Kier molecular flexibility index (Phi) is 7.17. The number of rotatable bonds is 9. The number of carbonyl (C=O) groups is 2. The summed E-state index contributed by atoms with van der Waals surface area (Å²) in [6.45, 7) is 1.31. The van der Waals surface area contributed by atoms with Gasteiger partial charge in [-0.15, -0.1) is 10.2 Å². The van der Waals surface area contributed by atoms with Crippen molar-refractivity contribution in [2.24, 2.45) is 7.05 Å². The summed E-state index contributed by atoms with van der Waals surface area (Å²) in [6.07, 6.45) is -1.49. The molecular formula is C28H30F3N5O4. The number of halogens is 3. The van der Waals surface area contributed by atoms with Crippen LogP contribution in [0.15, 0.2) is 42.7 Å². The third-order valence-electron chi connectivity index (χ3n) is 8.00. The second-order valence-electron chi connectivity index (χ2n) is 10.4. The lowest BCUT2D eigenvalue weighted by atomic mass is 9.62. The number of nitrogens with zero attached hydrogens (tertiary/aromatic N) is 4. The maximum Gasteiger partial charge on any atom is 0.416 e. The van der Waals surface area contributed by atoms with Gasteiger partial charge < -0.3 is 24.6 Å². The largest absolute Gasteiger partial charge is 0.480 e. The second kappa shape index (κ2) is 10.3. The van der Waals surface area contributed by atoms with Gasteiger partial charge in [-0.05, 0) is 60.2 Å². The van der Waals surface area contributed by atoms with Gasteiger partial charge in [0.1, 0.15) is 18.2 Å². The van der Waals surface area contributed by atoms with Gasteiger partial charge in [-0.2, -0.15) is 13.2 Å². The molecule has 2 heterocycles. The Morgan fingerprint density at radius 2 is 2.02 bits per heavy atom. The molecule has 12 heteroatoms. The number of nitrogens with one attached hydrogen (secondary N) is 1. The normalized spacial score (nSPS) is 21.3. The summed E-state index contributed by atoms with van der Waals surface area (Å²) in [5.41, 5.74) is 0.0115. The molecule has 1 unspecified atom stereocenters. The Morgan fingerprint density at radius 3 is 2.62 bits per heavy atom. The van der Waals surface area contributed by atoms with Crippen LogP contribution in [-0.4, -0.2) is 51.0 Å². The Bertz CT molecular complexity index is 1450. The number of hydrogen-bond donors (Lipinski definition) is 2.